The quantitative estimate of drug-likeness (QED) is 0.732. The minimum Gasteiger partial charge on any atom is -0.379 e. The van der Waals surface area contributed by atoms with Gasteiger partial charge in [-0.1, -0.05) is 0 Å². The van der Waals surface area contributed by atoms with Crippen LogP contribution in [0.15, 0.2) is 12.4 Å². The van der Waals surface area contributed by atoms with Gasteiger partial charge in [0.05, 0.1) is 31.7 Å². The average Bonchev–Trinajstić information content (AvgIpc) is 3.15. The van der Waals surface area contributed by atoms with Crippen molar-refractivity contribution < 1.29 is 14.3 Å². The van der Waals surface area contributed by atoms with Gasteiger partial charge in [0.1, 0.15) is 11.5 Å². The fourth-order valence-corrected chi connectivity index (χ4v) is 2.81. The molecule has 8 nitrogen and oxygen atoms in total. The molecule has 0 spiro atoms. The van der Waals surface area contributed by atoms with E-state index in [2.05, 4.69) is 25.5 Å². The van der Waals surface area contributed by atoms with Crippen LogP contribution in [0.4, 0.5) is 5.82 Å². The summed E-state index contributed by atoms with van der Waals surface area (Å²) in [6.45, 7) is 6.58. The molecule has 1 amide bonds. The van der Waals surface area contributed by atoms with Gasteiger partial charge in [-0.3, -0.25) is 9.69 Å². The molecule has 1 unspecified atom stereocenters. The van der Waals surface area contributed by atoms with Crippen molar-refractivity contribution in [2.75, 3.05) is 57.9 Å². The smallest absolute Gasteiger partial charge is 0.271 e. The lowest BCUT2D eigenvalue weighted by atomic mass is 10.2. The number of nitrogens with one attached hydrogen (secondary N) is 2. The number of nitrogens with zero attached hydrogens (tertiary/aromatic N) is 3. The molecule has 2 aliphatic rings. The predicted molar refractivity (Wildman–Crippen MR) is 89.1 cm³/mol. The molecule has 132 valence electrons. The first-order valence-corrected chi connectivity index (χ1v) is 8.57. The van der Waals surface area contributed by atoms with Crippen LogP contribution in [0, 0.1) is 0 Å². The van der Waals surface area contributed by atoms with Crippen molar-refractivity contribution in [2.24, 2.45) is 0 Å². The van der Waals surface area contributed by atoms with E-state index in [9.17, 15) is 4.79 Å². The summed E-state index contributed by atoms with van der Waals surface area (Å²) in [5.41, 5.74) is 0.326. The predicted octanol–water partition coefficient (Wildman–Crippen LogP) is 0.130. The van der Waals surface area contributed by atoms with E-state index in [4.69, 9.17) is 9.47 Å². The molecule has 24 heavy (non-hydrogen) atoms. The first-order chi connectivity index (χ1) is 11.8. The van der Waals surface area contributed by atoms with Crippen LogP contribution in [0.5, 0.6) is 0 Å². The zero-order valence-electron chi connectivity index (χ0n) is 13.9. The van der Waals surface area contributed by atoms with E-state index in [1.54, 1.807) is 6.20 Å². The first kappa shape index (κ1) is 17.1. The fraction of sp³-hybridized carbons (Fsp3) is 0.688. The van der Waals surface area contributed by atoms with E-state index in [0.717, 1.165) is 58.8 Å². The highest BCUT2D eigenvalue weighted by atomic mass is 16.5. The molecule has 1 aromatic heterocycles. The lowest BCUT2D eigenvalue weighted by Gasteiger charge is -2.26. The zero-order chi connectivity index (χ0) is 16.6. The van der Waals surface area contributed by atoms with E-state index in [1.165, 1.54) is 6.20 Å². The Hall–Kier alpha value is -1.77. The molecule has 0 saturated carbocycles. The number of carbonyl (C=O) groups excluding carboxylic acids is 1. The van der Waals surface area contributed by atoms with Crippen LogP contribution in [0.1, 0.15) is 23.3 Å². The van der Waals surface area contributed by atoms with Crippen molar-refractivity contribution in [1.29, 1.82) is 0 Å². The molecule has 0 bridgehead atoms. The Bertz CT molecular complexity index is 513. The number of amides is 1. The summed E-state index contributed by atoms with van der Waals surface area (Å²) in [4.78, 5) is 22.8. The number of hydrogen-bond donors (Lipinski definition) is 2. The summed E-state index contributed by atoms with van der Waals surface area (Å²) >= 11 is 0. The van der Waals surface area contributed by atoms with Crippen molar-refractivity contribution in [3.05, 3.63) is 18.1 Å². The SMILES string of the molecule is O=C(NCC1CCCO1)c1cnc(NCCN2CCOCC2)cn1. The van der Waals surface area contributed by atoms with Crippen molar-refractivity contribution in [3.63, 3.8) is 0 Å². The molecule has 0 radical (unpaired) electrons. The van der Waals surface area contributed by atoms with Crippen molar-refractivity contribution in [1.82, 2.24) is 20.2 Å². The van der Waals surface area contributed by atoms with Crippen LogP contribution in [0.25, 0.3) is 0 Å². The molecule has 3 rings (SSSR count). The third-order valence-corrected chi connectivity index (χ3v) is 4.24. The number of hydrogen-bond acceptors (Lipinski definition) is 7. The van der Waals surface area contributed by atoms with Gasteiger partial charge in [0.15, 0.2) is 0 Å². The summed E-state index contributed by atoms with van der Waals surface area (Å²) < 4.78 is 10.8. The molecule has 1 aromatic rings. The normalized spacial score (nSPS) is 21.6. The van der Waals surface area contributed by atoms with Gasteiger partial charge in [-0.15, -0.1) is 0 Å². The third kappa shape index (κ3) is 5.12. The highest BCUT2D eigenvalue weighted by Crippen LogP contribution is 2.10. The Labute approximate surface area is 141 Å². The zero-order valence-corrected chi connectivity index (χ0v) is 13.9. The number of carbonyl (C=O) groups is 1. The molecule has 2 aliphatic heterocycles. The lowest BCUT2D eigenvalue weighted by Crippen LogP contribution is -2.39. The maximum absolute atomic E-state index is 12.0. The van der Waals surface area contributed by atoms with Crippen molar-refractivity contribution >= 4 is 11.7 Å². The Kier molecular flexibility index (Phi) is 6.33. The topological polar surface area (TPSA) is 88.6 Å². The molecule has 1 atom stereocenters. The van der Waals surface area contributed by atoms with Crippen LogP contribution in [0.2, 0.25) is 0 Å². The van der Waals surface area contributed by atoms with Crippen LogP contribution >= 0.6 is 0 Å². The molecular weight excluding hydrogens is 310 g/mol. The van der Waals surface area contributed by atoms with Crippen LogP contribution in [0.3, 0.4) is 0 Å². The Morgan fingerprint density at radius 2 is 2.12 bits per heavy atom. The average molecular weight is 335 g/mol. The second-order valence-electron chi connectivity index (χ2n) is 6.01. The summed E-state index contributed by atoms with van der Waals surface area (Å²) in [5, 5.41) is 6.07. The van der Waals surface area contributed by atoms with E-state index < -0.39 is 0 Å². The molecule has 3 heterocycles. The highest BCUT2D eigenvalue weighted by molar-refractivity contribution is 5.92. The van der Waals surface area contributed by atoms with Gasteiger partial charge in [-0.2, -0.15) is 0 Å². The molecular formula is C16H25N5O3. The number of rotatable bonds is 7. The number of ether oxygens (including phenoxy) is 2. The van der Waals surface area contributed by atoms with E-state index >= 15 is 0 Å². The monoisotopic (exact) mass is 335 g/mol. The Morgan fingerprint density at radius 3 is 2.83 bits per heavy atom. The van der Waals surface area contributed by atoms with Crippen molar-refractivity contribution in [3.8, 4) is 0 Å². The van der Waals surface area contributed by atoms with Gasteiger partial charge < -0.3 is 20.1 Å². The maximum Gasteiger partial charge on any atom is 0.271 e. The van der Waals surface area contributed by atoms with Crippen LogP contribution in [-0.4, -0.2) is 79.4 Å². The molecule has 8 heteroatoms. The summed E-state index contributed by atoms with van der Waals surface area (Å²) in [6.07, 6.45) is 5.29. The molecule has 2 saturated heterocycles. The third-order valence-electron chi connectivity index (χ3n) is 4.24. The van der Waals surface area contributed by atoms with E-state index in [0.29, 0.717) is 18.1 Å². The molecule has 0 aliphatic carbocycles. The second kappa shape index (κ2) is 8.91. The summed E-state index contributed by atoms with van der Waals surface area (Å²) in [7, 11) is 0. The van der Waals surface area contributed by atoms with Gasteiger partial charge in [0.25, 0.3) is 5.91 Å². The molecule has 2 fully saturated rings. The van der Waals surface area contributed by atoms with E-state index in [-0.39, 0.29) is 12.0 Å². The molecule has 2 N–H and O–H groups in total. The van der Waals surface area contributed by atoms with Gasteiger partial charge in [-0.25, -0.2) is 9.97 Å². The maximum atomic E-state index is 12.0. The van der Waals surface area contributed by atoms with Gasteiger partial charge in [-0.05, 0) is 12.8 Å². The summed E-state index contributed by atoms with van der Waals surface area (Å²) in [5.74, 6) is 0.469. The second-order valence-corrected chi connectivity index (χ2v) is 6.01. The largest absolute Gasteiger partial charge is 0.379 e. The summed E-state index contributed by atoms with van der Waals surface area (Å²) in [6, 6.07) is 0. The van der Waals surface area contributed by atoms with Crippen LogP contribution < -0.4 is 10.6 Å². The lowest BCUT2D eigenvalue weighted by molar-refractivity contribution is 0.0398. The number of aromatic nitrogens is 2. The fourth-order valence-electron chi connectivity index (χ4n) is 2.81. The first-order valence-electron chi connectivity index (χ1n) is 8.57. The van der Waals surface area contributed by atoms with Gasteiger partial charge in [0, 0.05) is 39.3 Å². The Morgan fingerprint density at radius 1 is 1.25 bits per heavy atom. The van der Waals surface area contributed by atoms with Gasteiger partial charge in [0.2, 0.25) is 0 Å². The molecule has 0 aromatic carbocycles. The standard InChI is InChI=1S/C16H25N5O3/c22-16(20-10-13-2-1-7-24-13)14-11-19-15(12-18-14)17-3-4-21-5-8-23-9-6-21/h11-13H,1-10H2,(H,17,19)(H,20,22). The van der Waals surface area contributed by atoms with Crippen molar-refractivity contribution in [2.45, 2.75) is 18.9 Å². The van der Waals surface area contributed by atoms with E-state index in [1.807, 2.05) is 0 Å². The Balaban J connectivity index is 1.38. The number of anilines is 1. The number of morpholine rings is 1. The van der Waals surface area contributed by atoms with Gasteiger partial charge >= 0.3 is 0 Å². The highest BCUT2D eigenvalue weighted by Gasteiger charge is 2.17. The minimum atomic E-state index is -0.210. The van der Waals surface area contributed by atoms with Crippen LogP contribution in [-0.2, 0) is 9.47 Å². The minimum absolute atomic E-state index is 0.128.